The quantitative estimate of drug-likeness (QED) is 0.478. The molecule has 1 amide bonds. The van der Waals surface area contributed by atoms with Crippen LogP contribution in [0.4, 0.5) is 5.69 Å². The van der Waals surface area contributed by atoms with E-state index in [1.54, 1.807) is 12.4 Å². The van der Waals surface area contributed by atoms with Gasteiger partial charge in [0.1, 0.15) is 5.75 Å². The zero-order valence-electron chi connectivity index (χ0n) is 18.0. The number of carbonyl (C=O) groups excluding carboxylic acids is 1. The minimum Gasteiger partial charge on any atom is -0.495 e. The van der Waals surface area contributed by atoms with Gasteiger partial charge in [0, 0.05) is 31.5 Å². The molecule has 0 aliphatic carbocycles. The van der Waals surface area contributed by atoms with Crippen LogP contribution in [-0.2, 0) is 14.8 Å². The molecule has 0 fully saturated rings. The minimum atomic E-state index is -3.65. The monoisotopic (exact) mass is 494 g/mol. The molecular weight excluding hydrogens is 472 g/mol. The van der Waals surface area contributed by atoms with Crippen LogP contribution in [-0.4, -0.2) is 55.1 Å². The maximum atomic E-state index is 12.6. The third kappa shape index (κ3) is 5.09. The molecule has 0 saturated heterocycles. The van der Waals surface area contributed by atoms with Crippen LogP contribution in [0.25, 0.3) is 5.69 Å². The highest BCUT2D eigenvalue weighted by Crippen LogP contribution is 2.30. The van der Waals surface area contributed by atoms with Crippen molar-refractivity contribution < 1.29 is 17.9 Å². The Balaban J connectivity index is 1.77. The number of ether oxygens (including phenoxy) is 1. The fourth-order valence-corrected chi connectivity index (χ4v) is 4.77. The molecule has 8 nitrogen and oxygen atoms in total. The van der Waals surface area contributed by atoms with Crippen LogP contribution in [0, 0.1) is 6.92 Å². The van der Waals surface area contributed by atoms with Crippen molar-refractivity contribution in [1.29, 1.82) is 0 Å². The van der Waals surface area contributed by atoms with E-state index in [1.807, 2.05) is 29.7 Å². The summed E-state index contributed by atoms with van der Waals surface area (Å²) in [4.78, 5) is 17.0. The number of nitrogens with zero attached hydrogens (tertiary/aromatic N) is 3. The van der Waals surface area contributed by atoms with E-state index in [0.29, 0.717) is 15.9 Å². The molecule has 0 atom stereocenters. The zero-order chi connectivity index (χ0) is 23.5. The number of anilines is 1. The van der Waals surface area contributed by atoms with Crippen LogP contribution in [0.1, 0.15) is 5.56 Å². The van der Waals surface area contributed by atoms with Crippen molar-refractivity contribution in [3.05, 3.63) is 59.4 Å². The summed E-state index contributed by atoms with van der Waals surface area (Å²) in [6.07, 6.45) is 3.46. The first-order valence-corrected chi connectivity index (χ1v) is 12.3. The van der Waals surface area contributed by atoms with Gasteiger partial charge in [0.2, 0.25) is 15.9 Å². The largest absolute Gasteiger partial charge is 0.495 e. The SMILES string of the molecule is COc1ccc(S(=O)(=O)N(C)C)cc1NC(=O)CSc1nccn1-c1cccc(Cl)c1C. The van der Waals surface area contributed by atoms with Crippen molar-refractivity contribution in [2.24, 2.45) is 0 Å². The number of rotatable bonds is 8. The standard InChI is InChI=1S/C21H23ClN4O4S2/c1-14-16(22)6-5-7-18(14)26-11-10-23-21(26)31-13-20(27)24-17-12-15(8-9-19(17)30-4)32(28,29)25(2)3/h5-12H,13H2,1-4H3,(H,24,27). The molecule has 0 saturated carbocycles. The molecule has 170 valence electrons. The van der Waals surface area contributed by atoms with E-state index in [0.717, 1.165) is 15.6 Å². The van der Waals surface area contributed by atoms with E-state index in [1.165, 1.54) is 51.2 Å². The van der Waals surface area contributed by atoms with Gasteiger partial charge in [-0.15, -0.1) is 0 Å². The maximum absolute atomic E-state index is 12.6. The van der Waals surface area contributed by atoms with Crippen molar-refractivity contribution in [3.8, 4) is 11.4 Å². The zero-order valence-corrected chi connectivity index (χ0v) is 20.4. The van der Waals surface area contributed by atoms with Crippen molar-refractivity contribution in [2.75, 3.05) is 32.3 Å². The lowest BCUT2D eigenvalue weighted by atomic mass is 10.2. The molecule has 0 bridgehead atoms. The molecule has 0 radical (unpaired) electrons. The Morgan fingerprint density at radius 2 is 2.03 bits per heavy atom. The third-order valence-corrected chi connectivity index (χ3v) is 7.85. The van der Waals surface area contributed by atoms with Crippen molar-refractivity contribution >= 4 is 45.0 Å². The Morgan fingerprint density at radius 1 is 1.28 bits per heavy atom. The predicted molar refractivity (Wildman–Crippen MR) is 127 cm³/mol. The summed E-state index contributed by atoms with van der Waals surface area (Å²) in [6, 6.07) is 9.92. The molecule has 3 aromatic rings. The minimum absolute atomic E-state index is 0.0539. The van der Waals surface area contributed by atoms with Gasteiger partial charge in [0.25, 0.3) is 0 Å². The Labute approximate surface area is 196 Å². The molecule has 32 heavy (non-hydrogen) atoms. The second-order valence-electron chi connectivity index (χ2n) is 6.95. The number of hydrogen-bond acceptors (Lipinski definition) is 6. The van der Waals surface area contributed by atoms with Crippen molar-refractivity contribution in [3.63, 3.8) is 0 Å². The highest BCUT2D eigenvalue weighted by atomic mass is 35.5. The van der Waals surface area contributed by atoms with Crippen LogP contribution < -0.4 is 10.1 Å². The number of amides is 1. The summed E-state index contributed by atoms with van der Waals surface area (Å²) in [5, 5.41) is 4.00. The van der Waals surface area contributed by atoms with Gasteiger partial charge in [-0.25, -0.2) is 17.7 Å². The topological polar surface area (TPSA) is 93.5 Å². The summed E-state index contributed by atoms with van der Waals surface area (Å²) < 4.78 is 33.1. The predicted octanol–water partition coefficient (Wildman–Crippen LogP) is 3.82. The third-order valence-electron chi connectivity index (χ3n) is 4.66. The molecule has 0 aliphatic heterocycles. The van der Waals surface area contributed by atoms with E-state index in [-0.39, 0.29) is 22.2 Å². The van der Waals surface area contributed by atoms with Gasteiger partial charge in [-0.05, 0) is 42.8 Å². The van der Waals surface area contributed by atoms with Crippen LogP contribution in [0.2, 0.25) is 5.02 Å². The fourth-order valence-electron chi connectivity index (χ4n) is 2.91. The Kier molecular flexibility index (Phi) is 7.50. The first-order valence-electron chi connectivity index (χ1n) is 9.47. The first kappa shape index (κ1) is 24.1. The Bertz CT molecular complexity index is 1240. The summed E-state index contributed by atoms with van der Waals surface area (Å²) in [7, 11) is 0.679. The maximum Gasteiger partial charge on any atom is 0.242 e. The summed E-state index contributed by atoms with van der Waals surface area (Å²) >= 11 is 7.48. The number of aromatic nitrogens is 2. The molecule has 1 aromatic heterocycles. The van der Waals surface area contributed by atoms with Gasteiger partial charge in [0.15, 0.2) is 5.16 Å². The van der Waals surface area contributed by atoms with E-state index < -0.39 is 10.0 Å². The number of carbonyl (C=O) groups is 1. The molecule has 2 aromatic carbocycles. The fraction of sp³-hybridized carbons (Fsp3) is 0.238. The number of sulfonamides is 1. The number of nitrogens with one attached hydrogen (secondary N) is 1. The van der Waals surface area contributed by atoms with E-state index in [9.17, 15) is 13.2 Å². The lowest BCUT2D eigenvalue weighted by Gasteiger charge is -2.15. The molecule has 0 spiro atoms. The summed E-state index contributed by atoms with van der Waals surface area (Å²) in [5.74, 6) is 0.0898. The molecule has 1 N–H and O–H groups in total. The Morgan fingerprint density at radius 3 is 2.72 bits per heavy atom. The highest BCUT2D eigenvalue weighted by molar-refractivity contribution is 7.99. The van der Waals surface area contributed by atoms with E-state index in [4.69, 9.17) is 16.3 Å². The molecule has 0 aliphatic rings. The smallest absolute Gasteiger partial charge is 0.242 e. The average Bonchev–Trinajstić information content (AvgIpc) is 3.22. The molecule has 0 unspecified atom stereocenters. The van der Waals surface area contributed by atoms with Gasteiger partial charge >= 0.3 is 0 Å². The van der Waals surface area contributed by atoms with Crippen LogP contribution in [0.5, 0.6) is 5.75 Å². The molecule has 3 rings (SSSR count). The number of halogens is 1. The lowest BCUT2D eigenvalue weighted by molar-refractivity contribution is -0.113. The van der Waals surface area contributed by atoms with Crippen molar-refractivity contribution in [2.45, 2.75) is 17.0 Å². The summed E-state index contributed by atoms with van der Waals surface area (Å²) in [5.41, 5.74) is 2.05. The van der Waals surface area contributed by atoms with Crippen LogP contribution in [0.3, 0.4) is 0 Å². The van der Waals surface area contributed by atoms with Crippen LogP contribution >= 0.6 is 23.4 Å². The number of imidazole rings is 1. The van der Waals surface area contributed by atoms with Crippen molar-refractivity contribution in [1.82, 2.24) is 13.9 Å². The van der Waals surface area contributed by atoms with Gasteiger partial charge in [0.05, 0.1) is 29.1 Å². The average molecular weight is 495 g/mol. The number of hydrogen-bond donors (Lipinski definition) is 1. The number of thioether (sulfide) groups is 1. The highest BCUT2D eigenvalue weighted by Gasteiger charge is 2.20. The number of methoxy groups -OCH3 is 1. The van der Waals surface area contributed by atoms with Gasteiger partial charge in [-0.3, -0.25) is 9.36 Å². The molecule has 11 heteroatoms. The first-order chi connectivity index (χ1) is 15.1. The second kappa shape index (κ2) is 9.95. The van der Waals surface area contributed by atoms with E-state index >= 15 is 0 Å². The van der Waals surface area contributed by atoms with E-state index in [2.05, 4.69) is 10.3 Å². The van der Waals surface area contributed by atoms with Crippen LogP contribution in [0.15, 0.2) is 58.8 Å². The molecular formula is C21H23ClN4O4S2. The second-order valence-corrected chi connectivity index (χ2v) is 10.5. The number of benzene rings is 2. The lowest BCUT2D eigenvalue weighted by Crippen LogP contribution is -2.22. The Hall–Kier alpha value is -2.53. The van der Waals surface area contributed by atoms with Gasteiger partial charge in [-0.1, -0.05) is 29.4 Å². The summed E-state index contributed by atoms with van der Waals surface area (Å²) in [6.45, 7) is 1.92. The molecule has 1 heterocycles. The normalized spacial score (nSPS) is 11.6. The van der Waals surface area contributed by atoms with Gasteiger partial charge < -0.3 is 10.1 Å². The van der Waals surface area contributed by atoms with Gasteiger partial charge in [-0.2, -0.15) is 0 Å².